The minimum Gasteiger partial charge on any atom is -0.478 e. The van der Waals surface area contributed by atoms with Crippen LogP contribution in [-0.4, -0.2) is 41.0 Å². The summed E-state index contributed by atoms with van der Waals surface area (Å²) in [6.07, 6.45) is 3.95. The lowest BCUT2D eigenvalue weighted by Gasteiger charge is -2.28. The van der Waals surface area contributed by atoms with Gasteiger partial charge in [-0.1, -0.05) is 91.0 Å². The van der Waals surface area contributed by atoms with Crippen LogP contribution in [0, 0.1) is 0 Å². The van der Waals surface area contributed by atoms with E-state index in [-0.39, 0.29) is 23.8 Å². The van der Waals surface area contributed by atoms with Crippen LogP contribution in [0.5, 0.6) is 0 Å². The van der Waals surface area contributed by atoms with Crippen LogP contribution < -0.4 is 5.32 Å². The number of aliphatic hydroxyl groups is 1. The van der Waals surface area contributed by atoms with E-state index in [1.807, 2.05) is 43.3 Å². The number of ether oxygens (including phenoxy) is 1. The molecule has 39 heavy (non-hydrogen) atoms. The van der Waals surface area contributed by atoms with Gasteiger partial charge in [-0.15, -0.1) is 0 Å². The van der Waals surface area contributed by atoms with Crippen LogP contribution in [0.25, 0.3) is 22.9 Å². The molecule has 0 aliphatic heterocycles. The number of aromatic carboxylic acids is 1. The van der Waals surface area contributed by atoms with Crippen LogP contribution in [0.1, 0.15) is 59.5 Å². The normalized spacial score (nSPS) is 13.5. The van der Waals surface area contributed by atoms with Crippen LogP contribution in [-0.2, 0) is 11.2 Å². The van der Waals surface area contributed by atoms with Crippen molar-refractivity contribution in [3.63, 3.8) is 0 Å². The molecule has 0 radical (unpaired) electrons. The number of aliphatic hydroxyl groups excluding tert-OH is 1. The van der Waals surface area contributed by atoms with E-state index < -0.39 is 12.1 Å². The molecule has 0 aliphatic rings. The highest BCUT2D eigenvalue weighted by Gasteiger charge is 2.20. The van der Waals surface area contributed by atoms with Crippen LogP contribution >= 0.6 is 0 Å². The maximum absolute atomic E-state index is 11.1. The third kappa shape index (κ3) is 8.11. The summed E-state index contributed by atoms with van der Waals surface area (Å²) in [5.41, 5.74) is 4.28. The quantitative estimate of drug-likeness (QED) is 0.179. The predicted octanol–water partition coefficient (Wildman–Crippen LogP) is 6.76. The second-order valence-electron chi connectivity index (χ2n) is 10.6. The van der Waals surface area contributed by atoms with Gasteiger partial charge in [0.25, 0.3) is 0 Å². The highest BCUT2D eigenvalue weighted by molar-refractivity contribution is 5.88. The fourth-order valence-corrected chi connectivity index (χ4v) is 4.68. The van der Waals surface area contributed by atoms with Gasteiger partial charge < -0.3 is 20.3 Å². The number of hydrogen-bond donors (Lipinski definition) is 3. The zero-order valence-electron chi connectivity index (χ0n) is 22.8. The van der Waals surface area contributed by atoms with E-state index in [2.05, 4.69) is 61.6 Å². The van der Waals surface area contributed by atoms with Gasteiger partial charge >= 0.3 is 5.97 Å². The molecule has 0 bridgehead atoms. The van der Waals surface area contributed by atoms with Crippen LogP contribution in [0.15, 0.2) is 91.0 Å². The molecular formula is C34H37NO4. The molecule has 3 N–H and O–H groups in total. The molecule has 1 unspecified atom stereocenters. The van der Waals surface area contributed by atoms with Gasteiger partial charge in [0.05, 0.1) is 24.4 Å². The smallest absolute Gasteiger partial charge is 0.335 e. The summed E-state index contributed by atoms with van der Waals surface area (Å²) >= 11 is 0. The van der Waals surface area contributed by atoms with Gasteiger partial charge in [-0.2, -0.15) is 0 Å². The van der Waals surface area contributed by atoms with Crippen molar-refractivity contribution in [1.29, 1.82) is 0 Å². The number of fused-ring (bicyclic) bond motifs is 1. The molecule has 0 heterocycles. The number of benzene rings is 4. The van der Waals surface area contributed by atoms with Crippen LogP contribution in [0.2, 0.25) is 0 Å². The molecule has 202 valence electrons. The summed E-state index contributed by atoms with van der Waals surface area (Å²) in [4.78, 5) is 11.1. The molecule has 4 rings (SSSR count). The van der Waals surface area contributed by atoms with Gasteiger partial charge in [-0.05, 0) is 72.4 Å². The molecule has 5 heteroatoms. The lowest BCUT2D eigenvalue weighted by molar-refractivity contribution is -0.00424. The van der Waals surface area contributed by atoms with Crippen molar-refractivity contribution in [3.8, 4) is 0 Å². The molecule has 0 saturated heterocycles. The molecule has 0 aliphatic carbocycles. The molecule has 2 atom stereocenters. The maximum Gasteiger partial charge on any atom is 0.335 e. The molecule has 5 nitrogen and oxygen atoms in total. The summed E-state index contributed by atoms with van der Waals surface area (Å²) in [6.45, 7) is 6.93. The highest BCUT2D eigenvalue weighted by Crippen LogP contribution is 2.24. The van der Waals surface area contributed by atoms with Gasteiger partial charge in [0.1, 0.15) is 0 Å². The molecule has 4 aromatic rings. The number of carbonyl (C=O) groups is 1. The lowest BCUT2D eigenvalue weighted by atomic mass is 9.93. The Labute approximate surface area is 230 Å². The van der Waals surface area contributed by atoms with Gasteiger partial charge in [-0.25, -0.2) is 4.79 Å². The van der Waals surface area contributed by atoms with Crippen molar-refractivity contribution in [3.05, 3.63) is 119 Å². The topological polar surface area (TPSA) is 78.8 Å². The Morgan fingerprint density at radius 1 is 0.923 bits per heavy atom. The Morgan fingerprint density at radius 2 is 1.62 bits per heavy atom. The van der Waals surface area contributed by atoms with Crippen molar-refractivity contribution in [2.75, 3.05) is 13.2 Å². The van der Waals surface area contributed by atoms with Gasteiger partial charge in [0, 0.05) is 12.1 Å². The zero-order chi connectivity index (χ0) is 27.8. The van der Waals surface area contributed by atoms with Gasteiger partial charge in [-0.3, -0.25) is 0 Å². The van der Waals surface area contributed by atoms with Crippen molar-refractivity contribution < 1.29 is 19.7 Å². The Hall–Kier alpha value is -3.77. The Kier molecular flexibility index (Phi) is 9.31. The van der Waals surface area contributed by atoms with E-state index in [9.17, 15) is 9.90 Å². The van der Waals surface area contributed by atoms with Crippen LogP contribution in [0.3, 0.4) is 0 Å². The van der Waals surface area contributed by atoms with Gasteiger partial charge in [0.15, 0.2) is 0 Å². The van der Waals surface area contributed by atoms with Crippen molar-refractivity contribution >= 4 is 28.9 Å². The molecular weight excluding hydrogens is 486 g/mol. The summed E-state index contributed by atoms with van der Waals surface area (Å²) in [5, 5.41) is 25.7. The van der Waals surface area contributed by atoms with Crippen molar-refractivity contribution in [2.45, 2.75) is 44.9 Å². The first kappa shape index (κ1) is 28.2. The lowest BCUT2D eigenvalue weighted by Crippen LogP contribution is -2.46. The Morgan fingerprint density at radius 3 is 2.36 bits per heavy atom. The van der Waals surface area contributed by atoms with Crippen molar-refractivity contribution in [1.82, 2.24) is 5.32 Å². The van der Waals surface area contributed by atoms with Gasteiger partial charge in [0.2, 0.25) is 0 Å². The van der Waals surface area contributed by atoms with Crippen LogP contribution in [0.4, 0.5) is 0 Å². The second kappa shape index (κ2) is 12.9. The number of carboxylic acid groups (broad SMARTS) is 1. The first-order chi connectivity index (χ1) is 18.7. The summed E-state index contributed by atoms with van der Waals surface area (Å²) in [6, 6.07) is 29.7. The number of nitrogens with one attached hydrogen (secondary N) is 1. The molecule has 0 aromatic heterocycles. The number of carboxylic acids is 1. The van der Waals surface area contributed by atoms with E-state index in [0.29, 0.717) is 6.54 Å². The molecule has 0 saturated carbocycles. The zero-order valence-corrected chi connectivity index (χ0v) is 22.8. The predicted molar refractivity (Wildman–Crippen MR) is 159 cm³/mol. The minimum absolute atomic E-state index is 0.185. The SMILES string of the molecule is CC(OC[C@H](O)CNC(C)(C)Cc1ccc2ccccc2c1)c1ccccc1/C=C\c1ccc(C(=O)O)cc1. The second-order valence-corrected chi connectivity index (χ2v) is 10.6. The average molecular weight is 524 g/mol. The first-order valence-corrected chi connectivity index (χ1v) is 13.3. The molecule has 0 spiro atoms. The number of rotatable bonds is 12. The standard InChI is InChI=1S/C34H37NO4/c1-24(32-11-7-6-9-28(32)17-12-25-13-18-29(19-14-25)33(37)38)39-23-31(36)22-35-34(2,3)21-26-15-16-27-8-4-5-10-30(27)20-26/h4-20,24,31,35-36H,21-23H2,1-3H3,(H,37,38)/b17-12-/t24?,31-/m1/s1. The largest absolute Gasteiger partial charge is 0.478 e. The van der Waals surface area contributed by atoms with E-state index >= 15 is 0 Å². The summed E-state index contributed by atoms with van der Waals surface area (Å²) in [7, 11) is 0. The third-order valence-corrected chi connectivity index (χ3v) is 6.86. The average Bonchev–Trinajstić information content (AvgIpc) is 2.94. The van der Waals surface area contributed by atoms with E-state index in [1.54, 1.807) is 24.3 Å². The molecule has 4 aromatic carbocycles. The fraction of sp³-hybridized carbons (Fsp3) is 0.265. The Bertz CT molecular complexity index is 1420. The molecule has 0 amide bonds. The molecule has 0 fully saturated rings. The van der Waals surface area contributed by atoms with E-state index in [0.717, 1.165) is 23.1 Å². The number of hydrogen-bond acceptors (Lipinski definition) is 4. The summed E-state index contributed by atoms with van der Waals surface area (Å²) < 4.78 is 6.07. The number of β-amino-alcohol motifs (C(OH)–C–C–N with tert-alkyl or cyclic N) is 1. The Balaban J connectivity index is 1.29. The fourth-order valence-electron chi connectivity index (χ4n) is 4.68. The summed E-state index contributed by atoms with van der Waals surface area (Å²) in [5.74, 6) is -0.937. The van der Waals surface area contributed by atoms with Crippen molar-refractivity contribution in [2.24, 2.45) is 0 Å². The highest BCUT2D eigenvalue weighted by atomic mass is 16.5. The van der Waals surface area contributed by atoms with E-state index in [4.69, 9.17) is 9.84 Å². The monoisotopic (exact) mass is 523 g/mol. The third-order valence-electron chi connectivity index (χ3n) is 6.86. The maximum atomic E-state index is 11.1. The first-order valence-electron chi connectivity index (χ1n) is 13.3. The van der Waals surface area contributed by atoms with E-state index in [1.165, 1.54) is 16.3 Å². The minimum atomic E-state index is -0.937.